The lowest BCUT2D eigenvalue weighted by atomic mass is 9.82. The molecule has 0 spiro atoms. The first-order valence-corrected chi connectivity index (χ1v) is 9.49. The molecule has 0 nitrogen and oxygen atoms in total. The topological polar surface area (TPSA) is 0 Å². The average Bonchev–Trinajstić information content (AvgIpc) is 2.49. The molecule has 0 aromatic heterocycles. The van der Waals surface area contributed by atoms with Gasteiger partial charge < -0.3 is 0 Å². The maximum atomic E-state index is 4.24. The molecule has 0 aromatic carbocycles. The zero-order chi connectivity index (χ0) is 17.0. The van der Waals surface area contributed by atoms with E-state index in [1.54, 1.807) is 0 Å². The Hall–Kier alpha value is -0.780. The zero-order valence-corrected chi connectivity index (χ0v) is 16.0. The normalized spacial score (nSPS) is 16.1. The highest BCUT2D eigenvalue weighted by atomic mass is 14.2. The van der Waals surface area contributed by atoms with Gasteiger partial charge in [-0.15, -0.1) is 6.58 Å². The van der Waals surface area contributed by atoms with Gasteiger partial charge in [0.05, 0.1) is 0 Å². The van der Waals surface area contributed by atoms with E-state index in [2.05, 4.69) is 59.9 Å². The average molecular weight is 305 g/mol. The highest BCUT2D eigenvalue weighted by Gasteiger charge is 2.16. The van der Waals surface area contributed by atoms with Crippen LogP contribution < -0.4 is 0 Å². The summed E-state index contributed by atoms with van der Waals surface area (Å²) >= 11 is 0. The van der Waals surface area contributed by atoms with E-state index in [-0.39, 0.29) is 0 Å². The van der Waals surface area contributed by atoms with Gasteiger partial charge >= 0.3 is 0 Å². The molecule has 0 aromatic rings. The fourth-order valence-electron chi connectivity index (χ4n) is 3.24. The van der Waals surface area contributed by atoms with Crippen LogP contribution in [0.25, 0.3) is 0 Å². The van der Waals surface area contributed by atoms with Crippen molar-refractivity contribution < 1.29 is 0 Å². The van der Waals surface area contributed by atoms with Crippen molar-refractivity contribution in [3.05, 3.63) is 36.5 Å². The van der Waals surface area contributed by atoms with Crippen molar-refractivity contribution in [2.75, 3.05) is 0 Å². The van der Waals surface area contributed by atoms with Crippen molar-refractivity contribution in [3.63, 3.8) is 0 Å². The van der Waals surface area contributed by atoms with Crippen LogP contribution in [0.4, 0.5) is 0 Å². The fraction of sp³-hybridized carbons (Fsp3) is 0.727. The first kappa shape index (κ1) is 21.2. The molecule has 3 atom stereocenters. The second-order valence-corrected chi connectivity index (χ2v) is 7.03. The van der Waals surface area contributed by atoms with Crippen molar-refractivity contribution in [3.8, 4) is 0 Å². The lowest BCUT2D eigenvalue weighted by molar-refractivity contribution is 0.366. The second-order valence-electron chi connectivity index (χ2n) is 7.03. The third-order valence-corrected chi connectivity index (χ3v) is 4.80. The van der Waals surface area contributed by atoms with Crippen LogP contribution in [0.5, 0.6) is 0 Å². The minimum Gasteiger partial charge on any atom is -0.103 e. The van der Waals surface area contributed by atoms with Crippen molar-refractivity contribution in [1.29, 1.82) is 0 Å². The monoisotopic (exact) mass is 304 g/mol. The van der Waals surface area contributed by atoms with E-state index in [1.807, 2.05) is 0 Å². The highest BCUT2D eigenvalue weighted by Crippen LogP contribution is 2.30. The van der Waals surface area contributed by atoms with Gasteiger partial charge in [0, 0.05) is 0 Å². The summed E-state index contributed by atoms with van der Waals surface area (Å²) in [6.45, 7) is 19.7. The first-order chi connectivity index (χ1) is 10.5. The molecule has 0 N–H and O–H groups in total. The standard InChI is InChI=1S/C22H40/c1-8-12-15-21(19(7)13-9-2)17-22(18(5)6)16-20(11-4)14-10-3/h11,17,19-21H,4-5,8-10,12-16H2,1-3,6-7H3. The molecule has 0 fully saturated rings. The Bertz CT molecular complexity index is 334. The van der Waals surface area contributed by atoms with Crippen molar-refractivity contribution in [2.45, 2.75) is 86.0 Å². The Balaban J connectivity index is 5.13. The number of unbranched alkanes of at least 4 members (excludes halogenated alkanes) is 1. The van der Waals surface area contributed by atoms with Gasteiger partial charge in [-0.1, -0.05) is 84.1 Å². The molecule has 3 unspecified atom stereocenters. The van der Waals surface area contributed by atoms with Gasteiger partial charge in [-0.2, -0.15) is 0 Å². The van der Waals surface area contributed by atoms with Crippen molar-refractivity contribution in [2.24, 2.45) is 17.8 Å². The molecule has 0 heterocycles. The van der Waals surface area contributed by atoms with Crippen LogP contribution in [0, 0.1) is 17.8 Å². The fourth-order valence-corrected chi connectivity index (χ4v) is 3.24. The van der Waals surface area contributed by atoms with E-state index in [0.717, 1.165) is 12.3 Å². The highest BCUT2D eigenvalue weighted by molar-refractivity contribution is 5.28. The van der Waals surface area contributed by atoms with Gasteiger partial charge in [-0.3, -0.25) is 0 Å². The second kappa shape index (κ2) is 12.7. The predicted octanol–water partition coefficient (Wildman–Crippen LogP) is 7.72. The number of rotatable bonds is 13. The van der Waals surface area contributed by atoms with Crippen molar-refractivity contribution in [1.82, 2.24) is 0 Å². The molecular weight excluding hydrogens is 264 g/mol. The summed E-state index contributed by atoms with van der Waals surface area (Å²) in [6, 6.07) is 0. The molecule has 0 amide bonds. The van der Waals surface area contributed by atoms with E-state index < -0.39 is 0 Å². The molecule has 0 bridgehead atoms. The summed E-state index contributed by atoms with van der Waals surface area (Å²) in [4.78, 5) is 0. The molecule has 128 valence electrons. The summed E-state index contributed by atoms with van der Waals surface area (Å²) in [5.41, 5.74) is 2.72. The molecule has 22 heavy (non-hydrogen) atoms. The van der Waals surface area contributed by atoms with Crippen LogP contribution in [0.3, 0.4) is 0 Å². The number of hydrogen-bond donors (Lipinski definition) is 0. The molecule has 0 radical (unpaired) electrons. The zero-order valence-electron chi connectivity index (χ0n) is 16.0. The molecule has 0 aliphatic rings. The maximum Gasteiger partial charge on any atom is -0.0196 e. The molecule has 0 aliphatic carbocycles. The van der Waals surface area contributed by atoms with Crippen LogP contribution in [0.2, 0.25) is 0 Å². The summed E-state index contributed by atoms with van der Waals surface area (Å²) < 4.78 is 0. The minimum atomic E-state index is 0.598. The minimum absolute atomic E-state index is 0.598. The summed E-state index contributed by atoms with van der Waals surface area (Å²) in [5.74, 6) is 2.08. The Kier molecular flexibility index (Phi) is 12.3. The molecule has 0 saturated carbocycles. The smallest absolute Gasteiger partial charge is 0.0196 e. The quantitative estimate of drug-likeness (QED) is 0.241. The van der Waals surface area contributed by atoms with E-state index in [0.29, 0.717) is 11.8 Å². The van der Waals surface area contributed by atoms with E-state index in [1.165, 1.54) is 56.1 Å². The third kappa shape index (κ3) is 8.61. The predicted molar refractivity (Wildman–Crippen MR) is 103 cm³/mol. The number of hydrogen-bond acceptors (Lipinski definition) is 0. The van der Waals surface area contributed by atoms with Gasteiger partial charge in [-0.05, 0) is 49.5 Å². The SMILES string of the molecule is C=CC(CCC)CC(=CC(CCCC)C(C)CCC)C(=C)C. The van der Waals surface area contributed by atoms with Gasteiger partial charge in [0.2, 0.25) is 0 Å². The largest absolute Gasteiger partial charge is 0.103 e. The Labute approximate surface area is 140 Å². The van der Waals surface area contributed by atoms with Gasteiger partial charge in [0.1, 0.15) is 0 Å². The van der Waals surface area contributed by atoms with Crippen molar-refractivity contribution >= 4 is 0 Å². The van der Waals surface area contributed by atoms with Gasteiger partial charge in [-0.25, -0.2) is 0 Å². The first-order valence-electron chi connectivity index (χ1n) is 9.49. The lowest BCUT2D eigenvalue weighted by Crippen LogP contribution is -2.11. The van der Waals surface area contributed by atoms with Crippen LogP contribution in [0.1, 0.15) is 86.0 Å². The molecular formula is C22H40. The Morgan fingerprint density at radius 3 is 2.09 bits per heavy atom. The van der Waals surface area contributed by atoms with E-state index in [4.69, 9.17) is 0 Å². The molecule has 0 saturated heterocycles. The Morgan fingerprint density at radius 1 is 1.00 bits per heavy atom. The third-order valence-electron chi connectivity index (χ3n) is 4.80. The van der Waals surface area contributed by atoms with E-state index >= 15 is 0 Å². The Morgan fingerprint density at radius 2 is 1.64 bits per heavy atom. The van der Waals surface area contributed by atoms with Crippen LogP contribution in [0.15, 0.2) is 36.5 Å². The summed E-state index contributed by atoms with van der Waals surface area (Å²) in [7, 11) is 0. The summed E-state index contributed by atoms with van der Waals surface area (Å²) in [5, 5.41) is 0. The number of allylic oxidation sites excluding steroid dienone is 4. The summed E-state index contributed by atoms with van der Waals surface area (Å²) in [6.07, 6.45) is 14.8. The van der Waals surface area contributed by atoms with Gasteiger partial charge in [0.25, 0.3) is 0 Å². The van der Waals surface area contributed by atoms with Crippen LogP contribution >= 0.6 is 0 Å². The maximum absolute atomic E-state index is 4.24. The van der Waals surface area contributed by atoms with Crippen LogP contribution in [-0.4, -0.2) is 0 Å². The molecule has 0 rings (SSSR count). The van der Waals surface area contributed by atoms with Crippen LogP contribution in [-0.2, 0) is 0 Å². The lowest BCUT2D eigenvalue weighted by Gasteiger charge is -2.23. The van der Waals surface area contributed by atoms with Gasteiger partial charge in [0.15, 0.2) is 0 Å². The molecule has 0 aliphatic heterocycles. The van der Waals surface area contributed by atoms with E-state index in [9.17, 15) is 0 Å². The molecule has 0 heteroatoms.